The first kappa shape index (κ1) is 19.6. The van der Waals surface area contributed by atoms with Crippen molar-refractivity contribution in [1.29, 1.82) is 0 Å². The number of rotatable bonds is 4. The van der Waals surface area contributed by atoms with Gasteiger partial charge in [-0.1, -0.05) is 29.8 Å². The largest absolute Gasteiger partial charge is 0.403 e. The molecule has 4 rings (SSSR count). The standard InChI is InChI=1S/C22H17ClN4O3/c1-12-5-3-8-18(23)19(12)17-9-14-11-24-22(27-20(14)30-21(17)29)26-16-7-4-6-15(10-16)25-13(2)28/h3-11H,1-2H3,(H,25,28)(H,24,26,27). The summed E-state index contributed by atoms with van der Waals surface area (Å²) in [6.45, 7) is 3.32. The van der Waals surface area contributed by atoms with Crippen LogP contribution in [0.1, 0.15) is 12.5 Å². The molecule has 30 heavy (non-hydrogen) atoms. The van der Waals surface area contributed by atoms with Crippen molar-refractivity contribution in [3.63, 3.8) is 0 Å². The molecule has 0 radical (unpaired) electrons. The van der Waals surface area contributed by atoms with Gasteiger partial charge in [0.2, 0.25) is 17.6 Å². The number of aromatic nitrogens is 2. The lowest BCUT2D eigenvalue weighted by Gasteiger charge is -2.09. The van der Waals surface area contributed by atoms with E-state index in [1.54, 1.807) is 42.6 Å². The number of carbonyl (C=O) groups is 1. The maximum Gasteiger partial charge on any atom is 0.345 e. The highest BCUT2D eigenvalue weighted by Crippen LogP contribution is 2.30. The van der Waals surface area contributed by atoms with Crippen LogP contribution >= 0.6 is 11.6 Å². The van der Waals surface area contributed by atoms with E-state index in [0.29, 0.717) is 32.9 Å². The molecule has 2 aromatic heterocycles. The van der Waals surface area contributed by atoms with Gasteiger partial charge < -0.3 is 15.1 Å². The zero-order valence-electron chi connectivity index (χ0n) is 16.2. The zero-order chi connectivity index (χ0) is 21.3. The van der Waals surface area contributed by atoms with E-state index in [-0.39, 0.29) is 17.6 Å². The average molecular weight is 421 g/mol. The molecule has 2 heterocycles. The van der Waals surface area contributed by atoms with E-state index in [1.807, 2.05) is 19.1 Å². The van der Waals surface area contributed by atoms with Crippen LogP contribution in [0.3, 0.4) is 0 Å². The summed E-state index contributed by atoms with van der Waals surface area (Å²) in [6.07, 6.45) is 1.57. The fraction of sp³-hybridized carbons (Fsp3) is 0.0909. The predicted octanol–water partition coefficient (Wildman–Crippen LogP) is 4.91. The lowest BCUT2D eigenvalue weighted by Crippen LogP contribution is -2.07. The summed E-state index contributed by atoms with van der Waals surface area (Å²) in [5, 5.41) is 6.79. The number of nitrogens with zero attached hydrogens (tertiary/aromatic N) is 2. The van der Waals surface area contributed by atoms with Crippen molar-refractivity contribution in [2.45, 2.75) is 13.8 Å². The molecule has 0 atom stereocenters. The second kappa shape index (κ2) is 7.96. The summed E-state index contributed by atoms with van der Waals surface area (Å²) in [6, 6.07) is 14.2. The van der Waals surface area contributed by atoms with E-state index in [4.69, 9.17) is 16.0 Å². The van der Waals surface area contributed by atoms with Crippen molar-refractivity contribution in [3.8, 4) is 11.1 Å². The van der Waals surface area contributed by atoms with Gasteiger partial charge in [-0.25, -0.2) is 9.78 Å². The van der Waals surface area contributed by atoms with Crippen LogP contribution in [0.25, 0.3) is 22.2 Å². The van der Waals surface area contributed by atoms with Gasteiger partial charge in [0, 0.05) is 35.1 Å². The van der Waals surface area contributed by atoms with Crippen LogP contribution in [-0.4, -0.2) is 15.9 Å². The quantitative estimate of drug-likeness (QED) is 0.486. The third-order valence-corrected chi connectivity index (χ3v) is 4.73. The Labute approximate surface area is 176 Å². The molecule has 0 saturated heterocycles. The molecule has 7 nitrogen and oxygen atoms in total. The molecule has 1 amide bonds. The van der Waals surface area contributed by atoms with Gasteiger partial charge in [0.1, 0.15) is 0 Å². The number of carbonyl (C=O) groups excluding carboxylic acids is 1. The van der Waals surface area contributed by atoms with Gasteiger partial charge in [-0.15, -0.1) is 0 Å². The van der Waals surface area contributed by atoms with E-state index in [1.165, 1.54) is 6.92 Å². The summed E-state index contributed by atoms with van der Waals surface area (Å²) in [4.78, 5) is 32.4. The minimum absolute atomic E-state index is 0.156. The van der Waals surface area contributed by atoms with Crippen LogP contribution in [0, 0.1) is 6.92 Å². The van der Waals surface area contributed by atoms with Gasteiger partial charge in [0.05, 0.1) is 10.9 Å². The molecule has 2 aromatic carbocycles. The molecular formula is C22H17ClN4O3. The third kappa shape index (κ3) is 4.01. The Kier molecular flexibility index (Phi) is 5.20. The molecule has 0 unspecified atom stereocenters. The van der Waals surface area contributed by atoms with E-state index in [2.05, 4.69) is 20.6 Å². The predicted molar refractivity (Wildman–Crippen MR) is 117 cm³/mol. The first-order valence-electron chi connectivity index (χ1n) is 9.12. The van der Waals surface area contributed by atoms with Crippen LogP contribution in [-0.2, 0) is 4.79 Å². The first-order valence-corrected chi connectivity index (χ1v) is 9.49. The summed E-state index contributed by atoms with van der Waals surface area (Å²) < 4.78 is 5.45. The molecule has 0 aliphatic carbocycles. The maximum absolute atomic E-state index is 12.6. The molecule has 2 N–H and O–H groups in total. The van der Waals surface area contributed by atoms with Crippen LogP contribution in [0.5, 0.6) is 0 Å². The Morgan fingerprint density at radius 3 is 2.63 bits per heavy atom. The smallest absolute Gasteiger partial charge is 0.345 e. The molecule has 0 aliphatic rings. The Morgan fingerprint density at radius 1 is 1.10 bits per heavy atom. The van der Waals surface area contributed by atoms with Crippen LogP contribution in [0.4, 0.5) is 17.3 Å². The number of anilines is 3. The minimum Gasteiger partial charge on any atom is -0.403 e. The monoisotopic (exact) mass is 420 g/mol. The SMILES string of the molecule is CC(=O)Nc1cccc(Nc2ncc3cc(-c4c(C)cccc4Cl)c(=O)oc3n2)c1. The Morgan fingerprint density at radius 2 is 1.87 bits per heavy atom. The molecule has 150 valence electrons. The number of hydrogen-bond donors (Lipinski definition) is 2. The number of benzene rings is 2. The van der Waals surface area contributed by atoms with Crippen LogP contribution in [0.2, 0.25) is 5.02 Å². The number of nitrogens with one attached hydrogen (secondary N) is 2. The summed E-state index contributed by atoms with van der Waals surface area (Å²) >= 11 is 6.30. The highest BCUT2D eigenvalue weighted by atomic mass is 35.5. The summed E-state index contributed by atoms with van der Waals surface area (Å²) in [5.74, 6) is 0.0905. The van der Waals surface area contributed by atoms with Gasteiger partial charge in [-0.3, -0.25) is 4.79 Å². The van der Waals surface area contributed by atoms with Gasteiger partial charge in [0.25, 0.3) is 0 Å². The van der Waals surface area contributed by atoms with Crippen molar-refractivity contribution >= 4 is 45.9 Å². The number of amides is 1. The Hall–Kier alpha value is -3.71. The molecule has 4 aromatic rings. The molecule has 0 spiro atoms. The lowest BCUT2D eigenvalue weighted by atomic mass is 10.0. The number of halogens is 1. The normalized spacial score (nSPS) is 10.8. The molecular weight excluding hydrogens is 404 g/mol. The van der Waals surface area contributed by atoms with E-state index in [9.17, 15) is 9.59 Å². The van der Waals surface area contributed by atoms with Gasteiger partial charge in [0.15, 0.2) is 0 Å². The topological polar surface area (TPSA) is 97.1 Å². The maximum atomic E-state index is 12.6. The molecule has 0 saturated carbocycles. The van der Waals surface area contributed by atoms with Crippen molar-refractivity contribution in [1.82, 2.24) is 9.97 Å². The first-order chi connectivity index (χ1) is 14.4. The van der Waals surface area contributed by atoms with Crippen LogP contribution < -0.4 is 16.3 Å². The molecule has 8 heteroatoms. The zero-order valence-corrected chi connectivity index (χ0v) is 16.9. The molecule has 0 bridgehead atoms. The highest BCUT2D eigenvalue weighted by Gasteiger charge is 2.14. The third-order valence-electron chi connectivity index (χ3n) is 4.42. The van der Waals surface area contributed by atoms with Gasteiger partial charge in [-0.05, 0) is 42.8 Å². The highest BCUT2D eigenvalue weighted by molar-refractivity contribution is 6.33. The Balaban J connectivity index is 1.69. The fourth-order valence-electron chi connectivity index (χ4n) is 3.13. The van der Waals surface area contributed by atoms with Crippen molar-refractivity contribution in [2.75, 3.05) is 10.6 Å². The van der Waals surface area contributed by atoms with Crippen molar-refractivity contribution in [3.05, 3.63) is 75.7 Å². The van der Waals surface area contributed by atoms with Crippen LogP contribution in [0.15, 0.2) is 63.9 Å². The second-order valence-corrected chi connectivity index (χ2v) is 7.13. The number of fused-ring (bicyclic) bond motifs is 1. The summed E-state index contributed by atoms with van der Waals surface area (Å²) in [5.41, 5.74) is 2.79. The van der Waals surface area contributed by atoms with Gasteiger partial charge >= 0.3 is 5.63 Å². The number of hydrogen-bond acceptors (Lipinski definition) is 6. The van der Waals surface area contributed by atoms with E-state index >= 15 is 0 Å². The second-order valence-electron chi connectivity index (χ2n) is 6.72. The molecule has 0 aliphatic heterocycles. The Bertz CT molecular complexity index is 1310. The van der Waals surface area contributed by atoms with Crippen molar-refractivity contribution < 1.29 is 9.21 Å². The summed E-state index contributed by atoms with van der Waals surface area (Å²) in [7, 11) is 0. The molecule has 0 fully saturated rings. The fourth-order valence-corrected chi connectivity index (χ4v) is 3.45. The van der Waals surface area contributed by atoms with E-state index in [0.717, 1.165) is 5.56 Å². The van der Waals surface area contributed by atoms with Gasteiger partial charge in [-0.2, -0.15) is 4.98 Å². The van der Waals surface area contributed by atoms with Crippen molar-refractivity contribution in [2.24, 2.45) is 0 Å². The van der Waals surface area contributed by atoms with E-state index < -0.39 is 5.63 Å². The lowest BCUT2D eigenvalue weighted by molar-refractivity contribution is -0.114. The average Bonchev–Trinajstić information content (AvgIpc) is 2.68. The minimum atomic E-state index is -0.531. The number of aryl methyl sites for hydroxylation is 1.